The number of hydrogen-bond acceptors (Lipinski definition) is 3. The lowest BCUT2D eigenvalue weighted by atomic mass is 9.96. The number of amides is 3. The third-order valence-corrected chi connectivity index (χ3v) is 4.59. The second-order valence-electron chi connectivity index (χ2n) is 6.61. The van der Waals surface area contributed by atoms with Gasteiger partial charge in [-0.1, -0.05) is 12.1 Å². The van der Waals surface area contributed by atoms with Gasteiger partial charge < -0.3 is 15.5 Å². The average Bonchev–Trinajstić information content (AvgIpc) is 3.39. The Morgan fingerprint density at radius 2 is 1.79 bits per heavy atom. The van der Waals surface area contributed by atoms with Crippen molar-refractivity contribution in [3.05, 3.63) is 29.8 Å². The van der Waals surface area contributed by atoms with Crippen LogP contribution in [0, 0.1) is 5.92 Å². The molecule has 1 aromatic rings. The van der Waals surface area contributed by atoms with E-state index in [1.54, 1.807) is 29.2 Å². The molecule has 0 spiro atoms. The van der Waals surface area contributed by atoms with Crippen molar-refractivity contribution in [2.45, 2.75) is 38.6 Å². The molecule has 0 aromatic heterocycles. The summed E-state index contributed by atoms with van der Waals surface area (Å²) < 4.78 is 0. The fraction of sp³-hybridized carbons (Fsp3) is 0.500. The Labute approximate surface area is 141 Å². The molecule has 0 radical (unpaired) electrons. The second-order valence-corrected chi connectivity index (χ2v) is 6.61. The second kappa shape index (κ2) is 7.03. The highest BCUT2D eigenvalue weighted by molar-refractivity contribution is 5.97. The number of likely N-dealkylation sites (tertiary alicyclic amines) is 1. The maximum Gasteiger partial charge on any atom is 0.317 e. The Kier molecular flexibility index (Phi) is 4.83. The van der Waals surface area contributed by atoms with E-state index in [1.807, 2.05) is 0 Å². The zero-order valence-electron chi connectivity index (χ0n) is 13.9. The number of carbonyl (C=O) groups is 3. The van der Waals surface area contributed by atoms with E-state index in [2.05, 4.69) is 10.6 Å². The Hall–Kier alpha value is -2.37. The first-order valence-corrected chi connectivity index (χ1v) is 8.50. The van der Waals surface area contributed by atoms with Gasteiger partial charge in [-0.15, -0.1) is 0 Å². The normalized spacial score (nSPS) is 18.1. The standard InChI is InChI=1S/C18H23N3O3/c1-12(22)14-3-2-4-16(11-14)19-17(23)13-7-9-21(10-8-13)18(24)20-15-5-6-15/h2-4,11,13,15H,5-10H2,1H3,(H,19,23)(H,20,24). The topological polar surface area (TPSA) is 78.5 Å². The molecule has 0 atom stereocenters. The highest BCUT2D eigenvalue weighted by Gasteiger charge is 2.30. The summed E-state index contributed by atoms with van der Waals surface area (Å²) in [5.41, 5.74) is 1.22. The van der Waals surface area contributed by atoms with E-state index in [9.17, 15) is 14.4 Å². The number of ketones is 1. The quantitative estimate of drug-likeness (QED) is 0.833. The zero-order valence-corrected chi connectivity index (χ0v) is 13.9. The molecule has 128 valence electrons. The number of nitrogens with one attached hydrogen (secondary N) is 2. The van der Waals surface area contributed by atoms with Gasteiger partial charge >= 0.3 is 6.03 Å². The highest BCUT2D eigenvalue weighted by atomic mass is 16.2. The number of rotatable bonds is 4. The maximum absolute atomic E-state index is 12.4. The van der Waals surface area contributed by atoms with Crippen LogP contribution in [-0.4, -0.2) is 41.8 Å². The third-order valence-electron chi connectivity index (χ3n) is 4.59. The van der Waals surface area contributed by atoms with Crippen molar-refractivity contribution in [3.8, 4) is 0 Å². The fourth-order valence-corrected chi connectivity index (χ4v) is 2.90. The van der Waals surface area contributed by atoms with Crippen LogP contribution in [0.4, 0.5) is 10.5 Å². The van der Waals surface area contributed by atoms with Crippen LogP contribution >= 0.6 is 0 Å². The van der Waals surface area contributed by atoms with E-state index in [-0.39, 0.29) is 23.6 Å². The Bertz CT molecular complexity index is 647. The highest BCUT2D eigenvalue weighted by Crippen LogP contribution is 2.22. The molecule has 0 bridgehead atoms. The van der Waals surface area contributed by atoms with Crippen molar-refractivity contribution in [1.29, 1.82) is 0 Å². The van der Waals surface area contributed by atoms with E-state index in [0.29, 0.717) is 43.2 Å². The van der Waals surface area contributed by atoms with Gasteiger partial charge in [-0.2, -0.15) is 0 Å². The third kappa shape index (κ3) is 4.13. The van der Waals surface area contributed by atoms with Crippen molar-refractivity contribution < 1.29 is 14.4 Å². The molecule has 2 aliphatic rings. The van der Waals surface area contributed by atoms with Crippen molar-refractivity contribution >= 4 is 23.4 Å². The van der Waals surface area contributed by atoms with Crippen LogP contribution in [0.2, 0.25) is 0 Å². The first-order chi connectivity index (χ1) is 11.5. The van der Waals surface area contributed by atoms with Gasteiger partial charge in [-0.05, 0) is 44.7 Å². The van der Waals surface area contributed by atoms with Gasteiger partial charge in [0.15, 0.2) is 5.78 Å². The minimum Gasteiger partial charge on any atom is -0.335 e. The summed E-state index contributed by atoms with van der Waals surface area (Å²) in [7, 11) is 0. The lowest BCUT2D eigenvalue weighted by Crippen LogP contribution is -2.46. The molecule has 24 heavy (non-hydrogen) atoms. The van der Waals surface area contributed by atoms with Crippen LogP contribution in [0.25, 0.3) is 0 Å². The number of piperidine rings is 1. The largest absolute Gasteiger partial charge is 0.335 e. The minimum absolute atomic E-state index is 0.00878. The zero-order chi connectivity index (χ0) is 17.1. The van der Waals surface area contributed by atoms with E-state index < -0.39 is 0 Å². The van der Waals surface area contributed by atoms with E-state index in [1.165, 1.54) is 6.92 Å². The van der Waals surface area contributed by atoms with Gasteiger partial charge in [0.1, 0.15) is 0 Å². The van der Waals surface area contributed by atoms with Crippen molar-refractivity contribution in [3.63, 3.8) is 0 Å². The molecule has 3 amide bonds. The van der Waals surface area contributed by atoms with Crippen LogP contribution < -0.4 is 10.6 Å². The predicted octanol–water partition coefficient (Wildman–Crippen LogP) is 2.41. The summed E-state index contributed by atoms with van der Waals surface area (Å²) in [6, 6.07) is 7.31. The molecular formula is C18H23N3O3. The van der Waals surface area contributed by atoms with Gasteiger partial charge in [0.25, 0.3) is 0 Å². The van der Waals surface area contributed by atoms with Crippen LogP contribution in [-0.2, 0) is 4.79 Å². The number of nitrogens with zero attached hydrogens (tertiary/aromatic N) is 1. The van der Waals surface area contributed by atoms with Gasteiger partial charge in [0.2, 0.25) is 5.91 Å². The summed E-state index contributed by atoms with van der Waals surface area (Å²) in [6.07, 6.45) is 3.47. The van der Waals surface area contributed by atoms with E-state index in [0.717, 1.165) is 12.8 Å². The maximum atomic E-state index is 12.4. The average molecular weight is 329 g/mol. The molecule has 2 N–H and O–H groups in total. The number of hydrogen-bond donors (Lipinski definition) is 2. The van der Waals surface area contributed by atoms with E-state index >= 15 is 0 Å². The fourth-order valence-electron chi connectivity index (χ4n) is 2.90. The number of Topliss-reactive ketones (excluding diaryl/α,β-unsaturated/α-hetero) is 1. The predicted molar refractivity (Wildman–Crippen MR) is 90.9 cm³/mol. The lowest BCUT2D eigenvalue weighted by molar-refractivity contribution is -0.121. The first kappa shape index (κ1) is 16.5. The van der Waals surface area contributed by atoms with Crippen LogP contribution in [0.3, 0.4) is 0 Å². The molecule has 1 aromatic carbocycles. The smallest absolute Gasteiger partial charge is 0.317 e. The minimum atomic E-state index is -0.101. The Morgan fingerprint density at radius 1 is 1.08 bits per heavy atom. The van der Waals surface area contributed by atoms with Gasteiger partial charge in [-0.3, -0.25) is 9.59 Å². The van der Waals surface area contributed by atoms with Crippen LogP contribution in [0.15, 0.2) is 24.3 Å². The summed E-state index contributed by atoms with van der Waals surface area (Å²) in [6.45, 7) is 2.71. The molecule has 1 saturated heterocycles. The molecule has 6 heteroatoms. The summed E-state index contributed by atoms with van der Waals surface area (Å²) in [5.74, 6) is -0.171. The van der Waals surface area contributed by atoms with Crippen molar-refractivity contribution in [2.24, 2.45) is 5.92 Å². The molecule has 3 rings (SSSR count). The van der Waals surface area contributed by atoms with Gasteiger partial charge in [0, 0.05) is 36.3 Å². The molecule has 1 saturated carbocycles. The van der Waals surface area contributed by atoms with Crippen molar-refractivity contribution in [2.75, 3.05) is 18.4 Å². The number of carbonyl (C=O) groups excluding carboxylic acids is 3. The Morgan fingerprint density at radius 3 is 2.42 bits per heavy atom. The van der Waals surface area contributed by atoms with Gasteiger partial charge in [-0.25, -0.2) is 4.79 Å². The first-order valence-electron chi connectivity index (χ1n) is 8.50. The summed E-state index contributed by atoms with van der Waals surface area (Å²) in [4.78, 5) is 37.6. The molecule has 1 aliphatic heterocycles. The number of urea groups is 1. The molecule has 1 heterocycles. The Balaban J connectivity index is 1.50. The van der Waals surface area contributed by atoms with Crippen LogP contribution in [0.5, 0.6) is 0 Å². The van der Waals surface area contributed by atoms with Crippen molar-refractivity contribution in [1.82, 2.24) is 10.2 Å². The monoisotopic (exact) mass is 329 g/mol. The summed E-state index contributed by atoms with van der Waals surface area (Å²) in [5, 5.41) is 5.86. The van der Waals surface area contributed by atoms with Crippen LogP contribution in [0.1, 0.15) is 43.0 Å². The molecular weight excluding hydrogens is 306 g/mol. The molecule has 2 fully saturated rings. The SMILES string of the molecule is CC(=O)c1cccc(NC(=O)C2CCN(C(=O)NC3CC3)CC2)c1. The van der Waals surface area contributed by atoms with Gasteiger partial charge in [0.05, 0.1) is 0 Å². The number of anilines is 1. The molecule has 6 nitrogen and oxygen atoms in total. The summed E-state index contributed by atoms with van der Waals surface area (Å²) >= 11 is 0. The van der Waals surface area contributed by atoms with E-state index in [4.69, 9.17) is 0 Å². The molecule has 0 unspecified atom stereocenters. The lowest BCUT2D eigenvalue weighted by Gasteiger charge is -2.31. The molecule has 1 aliphatic carbocycles. The number of benzene rings is 1.